The summed E-state index contributed by atoms with van der Waals surface area (Å²) in [6.07, 6.45) is 0. The highest BCUT2D eigenvalue weighted by Crippen LogP contribution is 2.06. The Hall–Kier alpha value is -1.92. The molecule has 1 amide bonds. The van der Waals surface area contributed by atoms with Gasteiger partial charge in [0.05, 0.1) is 13.2 Å². The van der Waals surface area contributed by atoms with Crippen molar-refractivity contribution in [2.75, 3.05) is 20.8 Å². The van der Waals surface area contributed by atoms with E-state index < -0.39 is 17.9 Å². The zero-order valence-electron chi connectivity index (χ0n) is 10.9. The van der Waals surface area contributed by atoms with Crippen LogP contribution in [0, 0.1) is 0 Å². The van der Waals surface area contributed by atoms with Crippen molar-refractivity contribution in [2.45, 2.75) is 12.6 Å². The van der Waals surface area contributed by atoms with Crippen molar-refractivity contribution in [1.29, 1.82) is 0 Å². The van der Waals surface area contributed by atoms with Gasteiger partial charge in [0.1, 0.15) is 0 Å². The van der Waals surface area contributed by atoms with Crippen LogP contribution in [-0.2, 0) is 20.9 Å². The highest BCUT2D eigenvalue weighted by molar-refractivity contribution is 5.96. The summed E-state index contributed by atoms with van der Waals surface area (Å²) >= 11 is 0. The van der Waals surface area contributed by atoms with E-state index in [0.717, 1.165) is 5.56 Å². The highest BCUT2D eigenvalue weighted by atomic mass is 16.5. The first-order valence-electron chi connectivity index (χ1n) is 5.69. The van der Waals surface area contributed by atoms with Gasteiger partial charge in [-0.25, -0.2) is 4.79 Å². The quantitative estimate of drug-likeness (QED) is 0.758. The van der Waals surface area contributed by atoms with Crippen LogP contribution in [-0.4, -0.2) is 43.9 Å². The molecule has 19 heavy (non-hydrogen) atoms. The molecule has 6 nitrogen and oxygen atoms in total. The molecule has 0 heterocycles. The summed E-state index contributed by atoms with van der Waals surface area (Å²) in [4.78, 5) is 22.7. The first-order chi connectivity index (χ1) is 9.08. The number of methoxy groups -OCH3 is 2. The summed E-state index contributed by atoms with van der Waals surface area (Å²) in [5.74, 6) is -1.58. The number of benzene rings is 1. The standard InChI is InChI=1S/C13H17NO5/c1-18-7-9-3-5-10(6-4-9)12(15)14-11(8-19-2)13(16)17/h3-6,11H,7-8H2,1-2H3,(H,14,15)(H,16,17). The minimum Gasteiger partial charge on any atom is -0.480 e. The third kappa shape index (κ3) is 4.69. The topological polar surface area (TPSA) is 84.9 Å². The Kier molecular flexibility index (Phi) is 5.98. The lowest BCUT2D eigenvalue weighted by molar-refractivity contribution is -0.140. The summed E-state index contributed by atoms with van der Waals surface area (Å²) in [6, 6.07) is 5.69. The minimum absolute atomic E-state index is 0.0805. The minimum atomic E-state index is -1.13. The molecule has 1 aromatic carbocycles. The van der Waals surface area contributed by atoms with Crippen LogP contribution in [0.3, 0.4) is 0 Å². The highest BCUT2D eigenvalue weighted by Gasteiger charge is 2.20. The van der Waals surface area contributed by atoms with Gasteiger partial charge < -0.3 is 19.9 Å². The Morgan fingerprint density at radius 1 is 1.21 bits per heavy atom. The Morgan fingerprint density at radius 2 is 1.84 bits per heavy atom. The largest absolute Gasteiger partial charge is 0.480 e. The Bertz CT molecular complexity index is 429. The molecular formula is C13H17NO5. The summed E-state index contributed by atoms with van der Waals surface area (Å²) in [5, 5.41) is 11.3. The van der Waals surface area contributed by atoms with E-state index in [1.54, 1.807) is 31.4 Å². The van der Waals surface area contributed by atoms with Gasteiger partial charge in [0.2, 0.25) is 0 Å². The van der Waals surface area contributed by atoms with Crippen LogP contribution in [0.4, 0.5) is 0 Å². The fourth-order valence-corrected chi connectivity index (χ4v) is 1.50. The molecule has 0 saturated heterocycles. The van der Waals surface area contributed by atoms with Crippen LogP contribution in [0.15, 0.2) is 24.3 Å². The monoisotopic (exact) mass is 267 g/mol. The van der Waals surface area contributed by atoms with E-state index in [1.807, 2.05) is 0 Å². The molecule has 1 rings (SSSR count). The van der Waals surface area contributed by atoms with Crippen molar-refractivity contribution in [2.24, 2.45) is 0 Å². The molecule has 1 aromatic rings. The first kappa shape index (κ1) is 15.1. The van der Waals surface area contributed by atoms with Crippen LogP contribution in [0.1, 0.15) is 15.9 Å². The van der Waals surface area contributed by atoms with E-state index >= 15 is 0 Å². The number of aliphatic carboxylic acids is 1. The zero-order valence-corrected chi connectivity index (χ0v) is 10.9. The van der Waals surface area contributed by atoms with E-state index in [0.29, 0.717) is 12.2 Å². The second-order valence-electron chi connectivity index (χ2n) is 3.95. The molecule has 0 aliphatic carbocycles. The molecule has 0 radical (unpaired) electrons. The molecule has 0 aliphatic rings. The van der Waals surface area contributed by atoms with E-state index in [-0.39, 0.29) is 6.61 Å². The molecule has 0 spiro atoms. The summed E-state index contributed by atoms with van der Waals surface area (Å²) in [6.45, 7) is 0.381. The molecule has 1 atom stereocenters. The summed E-state index contributed by atoms with van der Waals surface area (Å²) in [7, 11) is 2.96. The molecule has 0 aliphatic heterocycles. The number of nitrogens with one attached hydrogen (secondary N) is 1. The molecule has 0 aromatic heterocycles. The van der Waals surface area contributed by atoms with Gasteiger partial charge in [-0.3, -0.25) is 4.79 Å². The molecule has 1 unspecified atom stereocenters. The number of ether oxygens (including phenoxy) is 2. The number of carbonyl (C=O) groups is 2. The smallest absolute Gasteiger partial charge is 0.328 e. The van der Waals surface area contributed by atoms with Crippen LogP contribution < -0.4 is 5.32 Å². The predicted octanol–water partition coefficient (Wildman–Crippen LogP) is 0.662. The Morgan fingerprint density at radius 3 is 2.32 bits per heavy atom. The molecule has 0 saturated carbocycles. The van der Waals surface area contributed by atoms with Crippen molar-refractivity contribution in [1.82, 2.24) is 5.32 Å². The number of carbonyl (C=O) groups excluding carboxylic acids is 1. The van der Waals surface area contributed by atoms with Crippen molar-refractivity contribution >= 4 is 11.9 Å². The lowest BCUT2D eigenvalue weighted by Gasteiger charge is -2.13. The Labute approximate surface area is 111 Å². The van der Waals surface area contributed by atoms with E-state index in [2.05, 4.69) is 5.32 Å². The second-order valence-corrected chi connectivity index (χ2v) is 3.95. The van der Waals surface area contributed by atoms with Crippen molar-refractivity contribution in [3.63, 3.8) is 0 Å². The number of rotatable bonds is 7. The second kappa shape index (κ2) is 7.50. The SMILES string of the molecule is COCc1ccc(C(=O)NC(COC)C(=O)O)cc1. The number of hydrogen-bond acceptors (Lipinski definition) is 4. The third-order valence-electron chi connectivity index (χ3n) is 2.46. The fourth-order valence-electron chi connectivity index (χ4n) is 1.50. The van der Waals surface area contributed by atoms with E-state index in [9.17, 15) is 9.59 Å². The van der Waals surface area contributed by atoms with Crippen molar-refractivity contribution < 1.29 is 24.2 Å². The van der Waals surface area contributed by atoms with E-state index in [1.165, 1.54) is 7.11 Å². The predicted molar refractivity (Wildman–Crippen MR) is 67.9 cm³/mol. The lowest BCUT2D eigenvalue weighted by Crippen LogP contribution is -2.43. The number of carboxylic acids is 1. The lowest BCUT2D eigenvalue weighted by atomic mass is 10.1. The average molecular weight is 267 g/mol. The number of hydrogen-bond donors (Lipinski definition) is 2. The summed E-state index contributed by atoms with van der Waals surface area (Å²) < 4.78 is 9.70. The first-order valence-corrected chi connectivity index (χ1v) is 5.69. The van der Waals surface area contributed by atoms with Gasteiger partial charge in [0.15, 0.2) is 6.04 Å². The van der Waals surface area contributed by atoms with Crippen LogP contribution in [0.25, 0.3) is 0 Å². The average Bonchev–Trinajstić information content (AvgIpc) is 2.39. The molecule has 2 N–H and O–H groups in total. The molecule has 6 heteroatoms. The van der Waals surface area contributed by atoms with Gasteiger partial charge in [0.25, 0.3) is 5.91 Å². The zero-order chi connectivity index (χ0) is 14.3. The van der Waals surface area contributed by atoms with Crippen LogP contribution in [0.2, 0.25) is 0 Å². The van der Waals surface area contributed by atoms with Gasteiger partial charge in [-0.1, -0.05) is 12.1 Å². The van der Waals surface area contributed by atoms with Crippen molar-refractivity contribution in [3.8, 4) is 0 Å². The van der Waals surface area contributed by atoms with Gasteiger partial charge in [-0.05, 0) is 17.7 Å². The van der Waals surface area contributed by atoms with Gasteiger partial charge >= 0.3 is 5.97 Å². The summed E-state index contributed by atoms with van der Waals surface area (Å²) in [5.41, 5.74) is 1.33. The van der Waals surface area contributed by atoms with E-state index in [4.69, 9.17) is 14.6 Å². The third-order valence-corrected chi connectivity index (χ3v) is 2.46. The van der Waals surface area contributed by atoms with Gasteiger partial charge in [-0.2, -0.15) is 0 Å². The maximum absolute atomic E-state index is 11.8. The van der Waals surface area contributed by atoms with Gasteiger partial charge in [0, 0.05) is 19.8 Å². The maximum Gasteiger partial charge on any atom is 0.328 e. The van der Waals surface area contributed by atoms with Crippen LogP contribution in [0.5, 0.6) is 0 Å². The fraction of sp³-hybridized carbons (Fsp3) is 0.385. The molecule has 0 bridgehead atoms. The molecule has 104 valence electrons. The van der Waals surface area contributed by atoms with Crippen molar-refractivity contribution in [3.05, 3.63) is 35.4 Å². The molecular weight excluding hydrogens is 250 g/mol. The Balaban J connectivity index is 2.68. The molecule has 0 fully saturated rings. The number of carboxylic acid groups (broad SMARTS) is 1. The van der Waals surface area contributed by atoms with Gasteiger partial charge in [-0.15, -0.1) is 0 Å². The maximum atomic E-state index is 11.8. The van der Waals surface area contributed by atoms with Crippen LogP contribution >= 0.6 is 0 Å². The normalized spacial score (nSPS) is 11.9. The number of amides is 1.